The SMILES string of the molecule is O=[N+]([O-])c1ccc(Br)cc1NCCC1CCCCO1. The first-order chi connectivity index (χ1) is 9.16. The number of nitro benzene ring substituents is 1. The molecule has 1 unspecified atom stereocenters. The van der Waals surface area contributed by atoms with Gasteiger partial charge in [-0.2, -0.15) is 0 Å². The van der Waals surface area contributed by atoms with Crippen molar-refractivity contribution < 1.29 is 9.66 Å². The quantitative estimate of drug-likeness (QED) is 0.660. The van der Waals surface area contributed by atoms with Crippen LogP contribution in [-0.4, -0.2) is 24.2 Å². The molecule has 1 fully saturated rings. The Hall–Kier alpha value is -1.14. The lowest BCUT2D eigenvalue weighted by Gasteiger charge is -2.22. The molecule has 1 saturated heterocycles. The third-order valence-corrected chi connectivity index (χ3v) is 3.70. The molecule has 0 aromatic heterocycles. The summed E-state index contributed by atoms with van der Waals surface area (Å²) in [7, 11) is 0. The highest BCUT2D eigenvalue weighted by Crippen LogP contribution is 2.28. The Balaban J connectivity index is 1.91. The highest BCUT2D eigenvalue weighted by molar-refractivity contribution is 9.10. The lowest BCUT2D eigenvalue weighted by Crippen LogP contribution is -2.22. The maximum atomic E-state index is 10.9. The predicted molar refractivity (Wildman–Crippen MR) is 77.5 cm³/mol. The molecule has 0 amide bonds. The number of benzene rings is 1. The number of nitro groups is 1. The van der Waals surface area contributed by atoms with Gasteiger partial charge in [-0.3, -0.25) is 10.1 Å². The summed E-state index contributed by atoms with van der Waals surface area (Å²) in [6.45, 7) is 1.52. The first-order valence-corrected chi connectivity index (χ1v) is 7.25. The highest BCUT2D eigenvalue weighted by atomic mass is 79.9. The predicted octanol–water partition coefficient (Wildman–Crippen LogP) is 3.73. The van der Waals surface area contributed by atoms with E-state index in [2.05, 4.69) is 21.2 Å². The zero-order chi connectivity index (χ0) is 13.7. The monoisotopic (exact) mass is 328 g/mol. The summed E-state index contributed by atoms with van der Waals surface area (Å²) in [6, 6.07) is 4.91. The van der Waals surface area contributed by atoms with Crippen LogP contribution in [-0.2, 0) is 4.74 Å². The Kier molecular flexibility index (Phi) is 5.15. The third-order valence-electron chi connectivity index (χ3n) is 3.21. The summed E-state index contributed by atoms with van der Waals surface area (Å²) in [5, 5.41) is 14.1. The van der Waals surface area contributed by atoms with Crippen molar-refractivity contribution in [3.8, 4) is 0 Å². The number of anilines is 1. The molecule has 1 N–H and O–H groups in total. The van der Waals surface area contributed by atoms with Crippen molar-refractivity contribution in [3.63, 3.8) is 0 Å². The molecule has 6 heteroatoms. The van der Waals surface area contributed by atoms with Gasteiger partial charge in [-0.25, -0.2) is 0 Å². The number of hydrogen-bond acceptors (Lipinski definition) is 4. The van der Waals surface area contributed by atoms with Crippen LogP contribution < -0.4 is 5.32 Å². The molecule has 0 saturated carbocycles. The lowest BCUT2D eigenvalue weighted by atomic mass is 10.1. The van der Waals surface area contributed by atoms with Gasteiger partial charge in [-0.15, -0.1) is 0 Å². The maximum absolute atomic E-state index is 10.9. The van der Waals surface area contributed by atoms with E-state index < -0.39 is 0 Å². The van der Waals surface area contributed by atoms with Crippen molar-refractivity contribution in [2.24, 2.45) is 0 Å². The van der Waals surface area contributed by atoms with Crippen LogP contribution in [0.3, 0.4) is 0 Å². The fourth-order valence-electron chi connectivity index (χ4n) is 2.21. The molecule has 104 valence electrons. The van der Waals surface area contributed by atoms with Crippen molar-refractivity contribution in [1.82, 2.24) is 0 Å². The van der Waals surface area contributed by atoms with Gasteiger partial charge in [-0.1, -0.05) is 15.9 Å². The first-order valence-electron chi connectivity index (χ1n) is 6.46. The van der Waals surface area contributed by atoms with Gasteiger partial charge in [0.25, 0.3) is 5.69 Å². The van der Waals surface area contributed by atoms with Gasteiger partial charge in [-0.05, 0) is 37.8 Å². The summed E-state index contributed by atoms with van der Waals surface area (Å²) in [5.41, 5.74) is 0.656. The number of nitrogens with one attached hydrogen (secondary N) is 1. The van der Waals surface area contributed by atoms with E-state index >= 15 is 0 Å². The molecule has 19 heavy (non-hydrogen) atoms. The summed E-state index contributed by atoms with van der Waals surface area (Å²) in [5.74, 6) is 0. The number of halogens is 1. The average Bonchev–Trinajstić information content (AvgIpc) is 2.39. The molecular weight excluding hydrogens is 312 g/mol. The largest absolute Gasteiger partial charge is 0.379 e. The number of rotatable bonds is 5. The molecular formula is C13H17BrN2O3. The standard InChI is InChI=1S/C13H17BrN2O3/c14-10-4-5-13(16(17)18)12(9-10)15-7-6-11-3-1-2-8-19-11/h4-5,9,11,15H,1-3,6-8H2. The molecule has 1 aliphatic heterocycles. The average molecular weight is 329 g/mol. The van der Waals surface area contributed by atoms with Gasteiger partial charge >= 0.3 is 0 Å². The van der Waals surface area contributed by atoms with E-state index in [0.29, 0.717) is 12.2 Å². The van der Waals surface area contributed by atoms with E-state index in [9.17, 15) is 10.1 Å². The summed E-state index contributed by atoms with van der Waals surface area (Å²) in [4.78, 5) is 10.6. The van der Waals surface area contributed by atoms with E-state index in [1.807, 2.05) is 0 Å². The van der Waals surface area contributed by atoms with Crippen molar-refractivity contribution in [2.45, 2.75) is 31.8 Å². The summed E-state index contributed by atoms with van der Waals surface area (Å²) >= 11 is 3.33. The second kappa shape index (κ2) is 6.86. The molecule has 1 aromatic rings. The van der Waals surface area contributed by atoms with E-state index in [1.165, 1.54) is 12.5 Å². The second-order valence-corrected chi connectivity index (χ2v) is 5.54. The van der Waals surface area contributed by atoms with Gasteiger partial charge in [0, 0.05) is 23.7 Å². The van der Waals surface area contributed by atoms with Crippen LogP contribution in [0.4, 0.5) is 11.4 Å². The van der Waals surface area contributed by atoms with Crippen LogP contribution >= 0.6 is 15.9 Å². The van der Waals surface area contributed by atoms with E-state index in [0.717, 1.165) is 30.3 Å². The normalized spacial score (nSPS) is 19.1. The second-order valence-electron chi connectivity index (χ2n) is 4.62. The molecule has 1 aliphatic rings. The molecule has 2 rings (SSSR count). The fraction of sp³-hybridized carbons (Fsp3) is 0.538. The Morgan fingerprint density at radius 1 is 1.47 bits per heavy atom. The number of ether oxygens (including phenoxy) is 1. The molecule has 0 aliphatic carbocycles. The van der Waals surface area contributed by atoms with Gasteiger partial charge < -0.3 is 10.1 Å². The van der Waals surface area contributed by atoms with Gasteiger partial charge in [0.05, 0.1) is 11.0 Å². The van der Waals surface area contributed by atoms with E-state index in [4.69, 9.17) is 4.74 Å². The smallest absolute Gasteiger partial charge is 0.292 e. The molecule has 1 heterocycles. The highest BCUT2D eigenvalue weighted by Gasteiger charge is 2.16. The minimum Gasteiger partial charge on any atom is -0.379 e. The van der Waals surface area contributed by atoms with Gasteiger partial charge in [0.15, 0.2) is 0 Å². The van der Waals surface area contributed by atoms with Crippen LogP contribution in [0.1, 0.15) is 25.7 Å². The van der Waals surface area contributed by atoms with Crippen LogP contribution in [0.2, 0.25) is 0 Å². The zero-order valence-corrected chi connectivity index (χ0v) is 12.2. The molecule has 5 nitrogen and oxygen atoms in total. The van der Waals surface area contributed by atoms with Crippen molar-refractivity contribution in [3.05, 3.63) is 32.8 Å². The Morgan fingerprint density at radius 2 is 2.32 bits per heavy atom. The zero-order valence-electron chi connectivity index (χ0n) is 10.6. The van der Waals surface area contributed by atoms with Crippen LogP contribution in [0, 0.1) is 10.1 Å². The van der Waals surface area contributed by atoms with Crippen LogP contribution in [0.15, 0.2) is 22.7 Å². The first kappa shape index (κ1) is 14.3. The third kappa shape index (κ3) is 4.18. The van der Waals surface area contributed by atoms with Crippen molar-refractivity contribution in [2.75, 3.05) is 18.5 Å². The summed E-state index contributed by atoms with van der Waals surface area (Å²) < 4.78 is 6.46. The minimum absolute atomic E-state index is 0.104. The van der Waals surface area contributed by atoms with E-state index in [1.54, 1.807) is 12.1 Å². The molecule has 0 spiro atoms. The van der Waals surface area contributed by atoms with Crippen molar-refractivity contribution >= 4 is 27.3 Å². The maximum Gasteiger partial charge on any atom is 0.292 e. The molecule has 0 bridgehead atoms. The molecule has 0 radical (unpaired) electrons. The van der Waals surface area contributed by atoms with E-state index in [-0.39, 0.29) is 16.7 Å². The topological polar surface area (TPSA) is 64.4 Å². The van der Waals surface area contributed by atoms with Gasteiger partial charge in [0.2, 0.25) is 0 Å². The van der Waals surface area contributed by atoms with Crippen molar-refractivity contribution in [1.29, 1.82) is 0 Å². The van der Waals surface area contributed by atoms with Crippen LogP contribution in [0.5, 0.6) is 0 Å². The molecule has 1 atom stereocenters. The fourth-order valence-corrected chi connectivity index (χ4v) is 2.57. The van der Waals surface area contributed by atoms with Crippen LogP contribution in [0.25, 0.3) is 0 Å². The Morgan fingerprint density at radius 3 is 3.00 bits per heavy atom. The lowest BCUT2D eigenvalue weighted by molar-refractivity contribution is -0.384. The Labute approximate surface area is 120 Å². The Bertz CT molecular complexity index is 448. The number of hydrogen-bond donors (Lipinski definition) is 1. The minimum atomic E-state index is -0.369. The van der Waals surface area contributed by atoms with Gasteiger partial charge in [0.1, 0.15) is 5.69 Å². The summed E-state index contributed by atoms with van der Waals surface area (Å²) in [6.07, 6.45) is 4.60. The molecule has 1 aromatic carbocycles. The number of nitrogens with zero attached hydrogens (tertiary/aromatic N) is 1.